The van der Waals surface area contributed by atoms with Crippen LogP contribution < -0.4 is 4.74 Å². The predicted octanol–water partition coefficient (Wildman–Crippen LogP) is 5.41. The van der Waals surface area contributed by atoms with Crippen LogP contribution in [0.5, 0.6) is 11.5 Å². The Morgan fingerprint density at radius 1 is 1.14 bits per heavy atom. The molecule has 2 rings (SSSR count). The Balaban J connectivity index is 2.23. The van der Waals surface area contributed by atoms with Crippen molar-refractivity contribution in [2.75, 3.05) is 0 Å². The number of carbonyl (C=O) groups is 1. The smallest absolute Gasteiger partial charge is 0.328 e. The van der Waals surface area contributed by atoms with Crippen molar-refractivity contribution in [1.29, 1.82) is 0 Å². The van der Waals surface area contributed by atoms with Crippen LogP contribution in [0.15, 0.2) is 51.4 Å². The highest BCUT2D eigenvalue weighted by Crippen LogP contribution is 2.33. The first-order chi connectivity index (χ1) is 9.95. The van der Waals surface area contributed by atoms with E-state index in [4.69, 9.17) is 9.84 Å². The van der Waals surface area contributed by atoms with Gasteiger partial charge in [-0.25, -0.2) is 4.79 Å². The minimum absolute atomic E-state index is 0.674. The normalized spacial score (nSPS) is 10.8. The van der Waals surface area contributed by atoms with Gasteiger partial charge in [-0.2, -0.15) is 0 Å². The highest BCUT2D eigenvalue weighted by molar-refractivity contribution is 9.10. The van der Waals surface area contributed by atoms with Crippen LogP contribution in [0.2, 0.25) is 0 Å². The first-order valence-electron chi connectivity index (χ1n) is 6.10. The quantitative estimate of drug-likeness (QED) is 0.684. The van der Waals surface area contributed by atoms with Gasteiger partial charge in [-0.3, -0.25) is 0 Å². The van der Waals surface area contributed by atoms with Gasteiger partial charge < -0.3 is 9.84 Å². The lowest BCUT2D eigenvalue weighted by atomic mass is 10.2. The summed E-state index contributed by atoms with van der Waals surface area (Å²) < 4.78 is 7.63. The summed E-state index contributed by atoms with van der Waals surface area (Å²) in [7, 11) is 0. The van der Waals surface area contributed by atoms with Gasteiger partial charge in [0.05, 0.1) is 4.47 Å². The molecule has 0 saturated heterocycles. The first kappa shape index (κ1) is 15.8. The highest BCUT2D eigenvalue weighted by Gasteiger charge is 2.06. The Morgan fingerprint density at radius 3 is 2.48 bits per heavy atom. The van der Waals surface area contributed by atoms with Crippen LogP contribution >= 0.6 is 31.9 Å². The fourth-order valence-corrected chi connectivity index (χ4v) is 2.67. The van der Waals surface area contributed by atoms with Gasteiger partial charge in [-0.1, -0.05) is 22.0 Å². The molecule has 1 N–H and O–H groups in total. The fourth-order valence-electron chi connectivity index (χ4n) is 1.72. The van der Waals surface area contributed by atoms with E-state index >= 15 is 0 Å². The molecule has 0 atom stereocenters. The predicted molar refractivity (Wildman–Crippen MR) is 89.8 cm³/mol. The SMILES string of the molecule is Cc1cc(Br)ccc1Oc1ccc(/C=C/C(=O)O)cc1Br. The topological polar surface area (TPSA) is 46.5 Å². The van der Waals surface area contributed by atoms with E-state index in [0.29, 0.717) is 5.75 Å². The van der Waals surface area contributed by atoms with Crippen LogP contribution in [-0.2, 0) is 4.79 Å². The number of carboxylic acids is 1. The lowest BCUT2D eigenvalue weighted by molar-refractivity contribution is -0.131. The fraction of sp³-hybridized carbons (Fsp3) is 0.0625. The molecule has 0 heterocycles. The molecule has 2 aromatic carbocycles. The number of hydrogen-bond donors (Lipinski definition) is 1. The van der Waals surface area contributed by atoms with Gasteiger partial charge in [0, 0.05) is 10.5 Å². The van der Waals surface area contributed by atoms with Gasteiger partial charge in [0.1, 0.15) is 11.5 Å². The monoisotopic (exact) mass is 410 g/mol. The van der Waals surface area contributed by atoms with Crippen LogP contribution in [0.1, 0.15) is 11.1 Å². The Labute approximate surface area is 139 Å². The molecule has 21 heavy (non-hydrogen) atoms. The van der Waals surface area contributed by atoms with E-state index in [0.717, 1.165) is 31.9 Å². The molecule has 0 fully saturated rings. The van der Waals surface area contributed by atoms with Crippen LogP contribution in [0.25, 0.3) is 6.08 Å². The number of carboxylic acid groups (broad SMARTS) is 1. The molecule has 3 nitrogen and oxygen atoms in total. The zero-order chi connectivity index (χ0) is 15.4. The Kier molecular flexibility index (Phi) is 5.20. The number of halogens is 2. The Bertz CT molecular complexity index is 709. The van der Waals surface area contributed by atoms with Gasteiger partial charge >= 0.3 is 5.97 Å². The second-order valence-electron chi connectivity index (χ2n) is 4.37. The second kappa shape index (κ2) is 6.91. The number of benzene rings is 2. The summed E-state index contributed by atoms with van der Waals surface area (Å²) in [5.41, 5.74) is 1.80. The molecular weight excluding hydrogens is 400 g/mol. The molecule has 0 radical (unpaired) electrons. The third kappa shape index (κ3) is 4.44. The van der Waals surface area contributed by atoms with E-state index in [1.165, 1.54) is 6.08 Å². The van der Waals surface area contributed by atoms with Gasteiger partial charge in [0.2, 0.25) is 0 Å². The zero-order valence-electron chi connectivity index (χ0n) is 11.1. The molecule has 0 spiro atoms. The first-order valence-corrected chi connectivity index (χ1v) is 7.69. The second-order valence-corrected chi connectivity index (χ2v) is 6.14. The summed E-state index contributed by atoms with van der Waals surface area (Å²) in [6.45, 7) is 1.97. The minimum Gasteiger partial charge on any atom is -0.478 e. The molecule has 5 heteroatoms. The third-order valence-corrected chi connectivity index (χ3v) is 3.84. The molecule has 0 unspecified atom stereocenters. The summed E-state index contributed by atoms with van der Waals surface area (Å²) in [4.78, 5) is 10.5. The maximum atomic E-state index is 10.5. The lowest BCUT2D eigenvalue weighted by Gasteiger charge is -2.11. The Morgan fingerprint density at radius 2 is 1.86 bits per heavy atom. The van der Waals surface area contributed by atoms with Crippen molar-refractivity contribution >= 4 is 43.9 Å². The number of aliphatic carboxylic acids is 1. The molecule has 0 saturated carbocycles. The molecular formula is C16H12Br2O3. The molecule has 2 aromatic rings. The summed E-state index contributed by atoms with van der Waals surface area (Å²) in [6.07, 6.45) is 2.63. The summed E-state index contributed by atoms with van der Waals surface area (Å²) in [5.74, 6) is 0.470. The largest absolute Gasteiger partial charge is 0.478 e. The lowest BCUT2D eigenvalue weighted by Crippen LogP contribution is -1.90. The van der Waals surface area contributed by atoms with Crippen molar-refractivity contribution in [3.05, 3.63) is 62.5 Å². The van der Waals surface area contributed by atoms with Crippen LogP contribution in [-0.4, -0.2) is 11.1 Å². The van der Waals surface area contributed by atoms with Crippen LogP contribution in [0, 0.1) is 6.92 Å². The van der Waals surface area contributed by atoms with Crippen molar-refractivity contribution in [1.82, 2.24) is 0 Å². The number of ether oxygens (including phenoxy) is 1. The van der Waals surface area contributed by atoms with E-state index in [9.17, 15) is 4.79 Å². The zero-order valence-corrected chi connectivity index (χ0v) is 14.3. The number of hydrogen-bond acceptors (Lipinski definition) is 2. The average Bonchev–Trinajstić information content (AvgIpc) is 2.42. The van der Waals surface area contributed by atoms with Crippen LogP contribution in [0.4, 0.5) is 0 Å². The van der Waals surface area contributed by atoms with Crippen molar-refractivity contribution in [2.45, 2.75) is 6.92 Å². The summed E-state index contributed by atoms with van der Waals surface area (Å²) >= 11 is 6.85. The van der Waals surface area contributed by atoms with Gasteiger partial charge in [-0.05, 0) is 70.4 Å². The van der Waals surface area contributed by atoms with Crippen LogP contribution in [0.3, 0.4) is 0 Å². The highest BCUT2D eigenvalue weighted by atomic mass is 79.9. The van der Waals surface area contributed by atoms with E-state index in [1.807, 2.05) is 31.2 Å². The van der Waals surface area contributed by atoms with Crippen molar-refractivity contribution in [3.63, 3.8) is 0 Å². The van der Waals surface area contributed by atoms with Gasteiger partial charge in [0.15, 0.2) is 0 Å². The molecule has 0 aliphatic rings. The summed E-state index contributed by atoms with van der Waals surface area (Å²) in [6, 6.07) is 11.2. The average molecular weight is 412 g/mol. The molecule has 108 valence electrons. The van der Waals surface area contributed by atoms with E-state index in [-0.39, 0.29) is 0 Å². The van der Waals surface area contributed by atoms with Crippen molar-refractivity contribution in [3.8, 4) is 11.5 Å². The van der Waals surface area contributed by atoms with Gasteiger partial charge in [0.25, 0.3) is 0 Å². The maximum absolute atomic E-state index is 10.5. The van der Waals surface area contributed by atoms with E-state index < -0.39 is 5.97 Å². The molecule has 0 amide bonds. The maximum Gasteiger partial charge on any atom is 0.328 e. The van der Waals surface area contributed by atoms with Crippen molar-refractivity contribution < 1.29 is 14.6 Å². The van der Waals surface area contributed by atoms with E-state index in [2.05, 4.69) is 31.9 Å². The standard InChI is InChI=1S/C16H12Br2O3/c1-10-8-12(17)4-6-14(10)21-15-5-2-11(9-13(15)18)3-7-16(19)20/h2-9H,1H3,(H,19,20)/b7-3+. The van der Waals surface area contributed by atoms with E-state index in [1.54, 1.807) is 12.1 Å². The minimum atomic E-state index is -0.975. The third-order valence-electron chi connectivity index (χ3n) is 2.73. The number of aryl methyl sites for hydroxylation is 1. The molecule has 0 aromatic heterocycles. The number of rotatable bonds is 4. The van der Waals surface area contributed by atoms with Gasteiger partial charge in [-0.15, -0.1) is 0 Å². The summed E-state index contributed by atoms with van der Waals surface area (Å²) in [5, 5.41) is 8.62. The molecule has 0 aliphatic carbocycles. The molecule has 0 aliphatic heterocycles. The molecule has 0 bridgehead atoms. The Hall–Kier alpha value is -1.59. The van der Waals surface area contributed by atoms with Crippen molar-refractivity contribution in [2.24, 2.45) is 0 Å².